The molecular formula is C12H18N4O. The van der Waals surface area contributed by atoms with Crippen molar-refractivity contribution < 1.29 is 4.74 Å². The van der Waals surface area contributed by atoms with Gasteiger partial charge >= 0.3 is 0 Å². The van der Waals surface area contributed by atoms with Crippen molar-refractivity contribution in [3.63, 3.8) is 0 Å². The van der Waals surface area contributed by atoms with Crippen molar-refractivity contribution in [3.05, 3.63) is 29.6 Å². The molecule has 1 saturated heterocycles. The van der Waals surface area contributed by atoms with Crippen LogP contribution in [-0.2, 0) is 11.3 Å². The van der Waals surface area contributed by atoms with Crippen LogP contribution in [0.1, 0.15) is 17.7 Å². The lowest BCUT2D eigenvalue weighted by Gasteiger charge is -2.20. The van der Waals surface area contributed by atoms with Crippen molar-refractivity contribution in [3.8, 4) is 0 Å². The number of nitrogens with zero attached hydrogens (tertiary/aromatic N) is 2. The summed E-state index contributed by atoms with van der Waals surface area (Å²) in [5.41, 5.74) is 7.14. The molecule has 1 aromatic rings. The van der Waals surface area contributed by atoms with E-state index in [1.54, 1.807) is 6.20 Å². The predicted octanol–water partition coefficient (Wildman–Crippen LogP) is 0.588. The Morgan fingerprint density at radius 1 is 1.47 bits per heavy atom. The molecule has 1 aliphatic heterocycles. The summed E-state index contributed by atoms with van der Waals surface area (Å²) in [7, 11) is 0. The van der Waals surface area contributed by atoms with E-state index in [2.05, 4.69) is 9.88 Å². The van der Waals surface area contributed by atoms with Gasteiger partial charge in [-0.25, -0.2) is 0 Å². The quantitative estimate of drug-likeness (QED) is 0.593. The first-order valence-corrected chi connectivity index (χ1v) is 5.86. The van der Waals surface area contributed by atoms with Crippen LogP contribution in [0.5, 0.6) is 0 Å². The molecule has 1 fully saturated rings. The van der Waals surface area contributed by atoms with E-state index in [9.17, 15) is 0 Å². The molecule has 0 spiro atoms. The molecule has 0 aromatic carbocycles. The summed E-state index contributed by atoms with van der Waals surface area (Å²) in [6.07, 6.45) is 2.72. The summed E-state index contributed by atoms with van der Waals surface area (Å²) in [5, 5.41) is 7.51. The monoisotopic (exact) mass is 234 g/mol. The summed E-state index contributed by atoms with van der Waals surface area (Å²) >= 11 is 0. The fraction of sp³-hybridized carbons (Fsp3) is 0.500. The topological polar surface area (TPSA) is 75.2 Å². The minimum absolute atomic E-state index is 0.0340. The molecule has 17 heavy (non-hydrogen) atoms. The molecule has 0 radical (unpaired) electrons. The average Bonchev–Trinajstić information content (AvgIpc) is 2.58. The van der Waals surface area contributed by atoms with Gasteiger partial charge in [-0.3, -0.25) is 15.3 Å². The number of amidine groups is 1. The minimum Gasteiger partial charge on any atom is -0.382 e. The predicted molar refractivity (Wildman–Crippen MR) is 66.0 cm³/mol. The molecule has 0 atom stereocenters. The Bertz CT molecular complexity index is 386. The van der Waals surface area contributed by atoms with E-state index < -0.39 is 0 Å². The number of ether oxygens (including phenoxy) is 1. The zero-order valence-electron chi connectivity index (χ0n) is 9.85. The fourth-order valence-electron chi connectivity index (χ4n) is 2.01. The van der Waals surface area contributed by atoms with E-state index in [0.29, 0.717) is 5.69 Å². The zero-order valence-corrected chi connectivity index (χ0v) is 9.85. The van der Waals surface area contributed by atoms with E-state index in [4.69, 9.17) is 15.9 Å². The SMILES string of the molecule is N=C(N)c1ncccc1CN1CCCOCC1. The van der Waals surface area contributed by atoms with Crippen molar-refractivity contribution in [1.29, 1.82) is 5.41 Å². The highest BCUT2D eigenvalue weighted by Crippen LogP contribution is 2.10. The van der Waals surface area contributed by atoms with Gasteiger partial charge in [-0.15, -0.1) is 0 Å². The van der Waals surface area contributed by atoms with Crippen molar-refractivity contribution in [2.75, 3.05) is 26.3 Å². The van der Waals surface area contributed by atoms with Gasteiger partial charge in [-0.05, 0) is 18.1 Å². The number of hydrogen-bond acceptors (Lipinski definition) is 4. The lowest BCUT2D eigenvalue weighted by atomic mass is 10.1. The molecule has 0 saturated carbocycles. The lowest BCUT2D eigenvalue weighted by molar-refractivity contribution is 0.140. The molecule has 1 aliphatic rings. The maximum absolute atomic E-state index is 7.51. The summed E-state index contributed by atoms with van der Waals surface area (Å²) in [4.78, 5) is 6.48. The molecule has 0 amide bonds. The average molecular weight is 234 g/mol. The molecule has 2 rings (SSSR count). The van der Waals surface area contributed by atoms with E-state index >= 15 is 0 Å². The van der Waals surface area contributed by atoms with Crippen molar-refractivity contribution in [1.82, 2.24) is 9.88 Å². The van der Waals surface area contributed by atoms with E-state index in [1.807, 2.05) is 12.1 Å². The normalized spacial score (nSPS) is 17.6. The van der Waals surface area contributed by atoms with Gasteiger partial charge in [0.1, 0.15) is 11.5 Å². The highest BCUT2D eigenvalue weighted by molar-refractivity contribution is 5.94. The maximum Gasteiger partial charge on any atom is 0.142 e. The Morgan fingerprint density at radius 3 is 3.18 bits per heavy atom. The van der Waals surface area contributed by atoms with Crippen LogP contribution in [0.2, 0.25) is 0 Å². The number of aromatic nitrogens is 1. The highest BCUT2D eigenvalue weighted by atomic mass is 16.5. The standard InChI is InChI=1S/C12H18N4O/c13-12(14)11-10(3-1-4-15-11)9-16-5-2-7-17-8-6-16/h1,3-4H,2,5-9H2,(H3,13,14). The van der Waals surface area contributed by atoms with Crippen LogP contribution >= 0.6 is 0 Å². The van der Waals surface area contributed by atoms with E-state index in [-0.39, 0.29) is 5.84 Å². The molecule has 5 nitrogen and oxygen atoms in total. The largest absolute Gasteiger partial charge is 0.382 e. The van der Waals surface area contributed by atoms with Gasteiger partial charge in [0.2, 0.25) is 0 Å². The van der Waals surface area contributed by atoms with Crippen LogP contribution < -0.4 is 5.73 Å². The second kappa shape index (κ2) is 5.75. The highest BCUT2D eigenvalue weighted by Gasteiger charge is 2.13. The molecule has 0 bridgehead atoms. The zero-order chi connectivity index (χ0) is 12.1. The van der Waals surface area contributed by atoms with Crippen LogP contribution in [0.3, 0.4) is 0 Å². The Morgan fingerprint density at radius 2 is 2.35 bits per heavy atom. The number of nitrogens with one attached hydrogen (secondary N) is 1. The van der Waals surface area contributed by atoms with Crippen molar-refractivity contribution in [2.24, 2.45) is 5.73 Å². The van der Waals surface area contributed by atoms with Gasteiger partial charge in [0.05, 0.1) is 6.61 Å². The number of rotatable bonds is 3. The molecule has 92 valence electrons. The van der Waals surface area contributed by atoms with Gasteiger partial charge in [0.15, 0.2) is 0 Å². The number of nitrogen functional groups attached to an aromatic ring is 1. The van der Waals surface area contributed by atoms with E-state index in [1.165, 1.54) is 0 Å². The van der Waals surface area contributed by atoms with Gasteiger partial charge in [0.25, 0.3) is 0 Å². The Kier molecular flexibility index (Phi) is 4.06. The van der Waals surface area contributed by atoms with Crippen molar-refractivity contribution in [2.45, 2.75) is 13.0 Å². The van der Waals surface area contributed by atoms with Gasteiger partial charge in [-0.2, -0.15) is 0 Å². The Balaban J connectivity index is 2.09. The number of hydrogen-bond donors (Lipinski definition) is 2. The summed E-state index contributed by atoms with van der Waals surface area (Å²) in [5.74, 6) is 0.0340. The molecule has 1 aromatic heterocycles. The number of nitrogens with two attached hydrogens (primary N) is 1. The Labute approximate surface area is 101 Å². The first-order valence-electron chi connectivity index (χ1n) is 5.86. The first kappa shape index (κ1) is 12.0. The van der Waals surface area contributed by atoms with Crippen LogP contribution in [0.25, 0.3) is 0 Å². The molecule has 3 N–H and O–H groups in total. The van der Waals surface area contributed by atoms with Gasteiger partial charge in [-0.1, -0.05) is 6.07 Å². The maximum atomic E-state index is 7.51. The Hall–Kier alpha value is -1.46. The van der Waals surface area contributed by atoms with E-state index in [0.717, 1.165) is 44.8 Å². The third kappa shape index (κ3) is 3.25. The molecule has 0 unspecified atom stereocenters. The molecule has 0 aliphatic carbocycles. The summed E-state index contributed by atoms with van der Waals surface area (Å²) in [6, 6.07) is 3.87. The number of pyridine rings is 1. The lowest BCUT2D eigenvalue weighted by Crippen LogP contribution is -2.27. The summed E-state index contributed by atoms with van der Waals surface area (Å²) in [6.45, 7) is 4.34. The minimum atomic E-state index is 0.0340. The summed E-state index contributed by atoms with van der Waals surface area (Å²) < 4.78 is 5.42. The molecule has 5 heteroatoms. The van der Waals surface area contributed by atoms with Crippen LogP contribution in [0.15, 0.2) is 18.3 Å². The molecular weight excluding hydrogens is 216 g/mol. The third-order valence-electron chi connectivity index (χ3n) is 2.86. The second-order valence-corrected chi connectivity index (χ2v) is 4.17. The van der Waals surface area contributed by atoms with Crippen LogP contribution in [-0.4, -0.2) is 42.0 Å². The van der Waals surface area contributed by atoms with Crippen molar-refractivity contribution >= 4 is 5.84 Å². The smallest absolute Gasteiger partial charge is 0.142 e. The second-order valence-electron chi connectivity index (χ2n) is 4.17. The van der Waals surface area contributed by atoms with Crippen LogP contribution in [0, 0.1) is 5.41 Å². The van der Waals surface area contributed by atoms with Crippen LogP contribution in [0.4, 0.5) is 0 Å². The molecule has 2 heterocycles. The van der Waals surface area contributed by atoms with Gasteiger partial charge in [0, 0.05) is 32.4 Å². The van der Waals surface area contributed by atoms with Gasteiger partial charge < -0.3 is 10.5 Å². The first-order chi connectivity index (χ1) is 8.27. The third-order valence-corrected chi connectivity index (χ3v) is 2.86. The fourth-order valence-corrected chi connectivity index (χ4v) is 2.01.